The van der Waals surface area contributed by atoms with Gasteiger partial charge in [0.15, 0.2) is 0 Å². The molecule has 2 unspecified atom stereocenters. The lowest BCUT2D eigenvalue weighted by atomic mass is 9.56. The quantitative estimate of drug-likeness (QED) is 0.888. The number of rotatable bonds is 2. The number of alkyl halides is 3. The number of aliphatic hydroxyl groups is 1. The molecule has 0 aliphatic heterocycles. The van der Waals surface area contributed by atoms with Gasteiger partial charge in [-0.3, -0.25) is 0 Å². The Hall–Kier alpha value is -1.23. The van der Waals surface area contributed by atoms with Crippen molar-refractivity contribution in [2.24, 2.45) is 5.41 Å². The van der Waals surface area contributed by atoms with Crippen molar-refractivity contribution in [3.05, 3.63) is 29.8 Å². The van der Waals surface area contributed by atoms with Crippen molar-refractivity contribution in [1.29, 1.82) is 0 Å². The Morgan fingerprint density at radius 3 is 2.38 bits per heavy atom. The molecule has 1 spiro atoms. The average Bonchev–Trinajstić information content (AvgIpc) is 2.47. The fourth-order valence-electron chi connectivity index (χ4n) is 3.71. The highest BCUT2D eigenvalue weighted by molar-refractivity contribution is 5.36. The number of hydrogen-bond acceptors (Lipinski definition) is 2. The smallest absolute Gasteiger partial charge is 0.419 e. The van der Waals surface area contributed by atoms with E-state index >= 15 is 0 Å². The number of halogens is 3. The van der Waals surface area contributed by atoms with Crippen LogP contribution < -0.4 is 4.74 Å². The van der Waals surface area contributed by atoms with Gasteiger partial charge in [0.2, 0.25) is 0 Å². The van der Waals surface area contributed by atoms with E-state index in [0.29, 0.717) is 6.42 Å². The predicted octanol–water partition coefficient (Wildman–Crippen LogP) is 4.17. The summed E-state index contributed by atoms with van der Waals surface area (Å²) in [5.74, 6) is -0.119. The second-order valence-electron chi connectivity index (χ2n) is 6.15. The van der Waals surface area contributed by atoms with Crippen LogP contribution in [-0.4, -0.2) is 17.3 Å². The molecule has 116 valence electrons. The molecule has 2 aliphatic carbocycles. The summed E-state index contributed by atoms with van der Waals surface area (Å²) in [7, 11) is 0. The van der Waals surface area contributed by atoms with Gasteiger partial charge in [-0.05, 0) is 25.0 Å². The molecule has 0 saturated heterocycles. The molecule has 0 radical (unpaired) electrons. The van der Waals surface area contributed by atoms with Crippen LogP contribution >= 0.6 is 0 Å². The number of para-hydroxylation sites is 1. The molecule has 2 nitrogen and oxygen atoms in total. The van der Waals surface area contributed by atoms with Gasteiger partial charge >= 0.3 is 6.18 Å². The van der Waals surface area contributed by atoms with Crippen molar-refractivity contribution >= 4 is 0 Å². The Kier molecular flexibility index (Phi) is 3.64. The van der Waals surface area contributed by atoms with E-state index in [4.69, 9.17) is 4.74 Å². The Morgan fingerprint density at radius 2 is 1.76 bits per heavy atom. The Bertz CT molecular complexity index is 506. The zero-order chi connectivity index (χ0) is 15.1. The van der Waals surface area contributed by atoms with E-state index in [1.807, 2.05) is 0 Å². The van der Waals surface area contributed by atoms with Crippen LogP contribution in [0, 0.1) is 5.41 Å². The Labute approximate surface area is 121 Å². The van der Waals surface area contributed by atoms with Crippen LogP contribution in [0.5, 0.6) is 5.75 Å². The van der Waals surface area contributed by atoms with Crippen molar-refractivity contribution in [1.82, 2.24) is 0 Å². The third-order valence-electron chi connectivity index (χ3n) is 4.99. The standard InChI is InChI=1S/C16H19F3O2/c17-16(18,19)11-6-2-3-7-12(11)21-14-10-13(20)15(14)8-4-1-5-9-15/h2-3,6-7,13-14,20H,1,4-5,8-10H2. The first-order chi connectivity index (χ1) is 9.93. The van der Waals surface area contributed by atoms with Gasteiger partial charge in [-0.2, -0.15) is 13.2 Å². The number of hydrogen-bond donors (Lipinski definition) is 1. The highest BCUT2D eigenvalue weighted by Crippen LogP contribution is 2.53. The summed E-state index contributed by atoms with van der Waals surface area (Å²) >= 11 is 0. The summed E-state index contributed by atoms with van der Waals surface area (Å²) in [6.45, 7) is 0. The van der Waals surface area contributed by atoms with Crippen molar-refractivity contribution in [2.75, 3.05) is 0 Å². The fourth-order valence-corrected chi connectivity index (χ4v) is 3.71. The molecule has 2 aliphatic rings. The first-order valence-electron chi connectivity index (χ1n) is 7.44. The molecule has 2 atom stereocenters. The molecule has 0 aromatic heterocycles. The molecule has 1 N–H and O–H groups in total. The molecular formula is C16H19F3O2. The third-order valence-corrected chi connectivity index (χ3v) is 4.99. The first kappa shape index (κ1) is 14.7. The number of benzene rings is 1. The second kappa shape index (κ2) is 5.20. The van der Waals surface area contributed by atoms with Crippen LogP contribution in [0.2, 0.25) is 0 Å². The molecule has 1 aromatic carbocycles. The topological polar surface area (TPSA) is 29.5 Å². The van der Waals surface area contributed by atoms with Gasteiger partial charge in [-0.15, -0.1) is 0 Å². The van der Waals surface area contributed by atoms with Crippen LogP contribution in [0.3, 0.4) is 0 Å². The minimum atomic E-state index is -4.42. The van der Waals surface area contributed by atoms with E-state index < -0.39 is 17.8 Å². The minimum absolute atomic E-state index is 0.119. The van der Waals surface area contributed by atoms with Gasteiger partial charge in [0.1, 0.15) is 11.9 Å². The summed E-state index contributed by atoms with van der Waals surface area (Å²) in [6.07, 6.45) is 0.0816. The monoisotopic (exact) mass is 300 g/mol. The van der Waals surface area contributed by atoms with Gasteiger partial charge in [0.25, 0.3) is 0 Å². The molecule has 1 aromatic rings. The van der Waals surface area contributed by atoms with E-state index in [2.05, 4.69) is 0 Å². The maximum Gasteiger partial charge on any atom is 0.419 e. The van der Waals surface area contributed by atoms with E-state index in [0.717, 1.165) is 38.2 Å². The number of ether oxygens (including phenoxy) is 1. The lowest BCUT2D eigenvalue weighted by Gasteiger charge is -2.55. The van der Waals surface area contributed by atoms with E-state index in [9.17, 15) is 18.3 Å². The van der Waals surface area contributed by atoms with Gasteiger partial charge in [-0.1, -0.05) is 31.4 Å². The van der Waals surface area contributed by atoms with E-state index in [-0.39, 0.29) is 17.3 Å². The summed E-state index contributed by atoms with van der Waals surface area (Å²) in [6, 6.07) is 5.32. The molecule has 21 heavy (non-hydrogen) atoms. The van der Waals surface area contributed by atoms with Gasteiger partial charge in [0, 0.05) is 11.8 Å². The molecule has 3 rings (SSSR count). The van der Waals surface area contributed by atoms with Gasteiger partial charge in [0.05, 0.1) is 11.7 Å². The fraction of sp³-hybridized carbons (Fsp3) is 0.625. The lowest BCUT2D eigenvalue weighted by molar-refractivity contribution is -0.176. The number of aliphatic hydroxyl groups excluding tert-OH is 1. The van der Waals surface area contributed by atoms with E-state index in [1.165, 1.54) is 12.1 Å². The molecular weight excluding hydrogens is 281 g/mol. The molecule has 2 fully saturated rings. The molecule has 0 heterocycles. The zero-order valence-electron chi connectivity index (χ0n) is 11.7. The van der Waals surface area contributed by atoms with E-state index in [1.54, 1.807) is 6.07 Å². The molecule has 2 saturated carbocycles. The van der Waals surface area contributed by atoms with Crippen molar-refractivity contribution < 1.29 is 23.0 Å². The van der Waals surface area contributed by atoms with Crippen molar-refractivity contribution in [3.8, 4) is 5.75 Å². The van der Waals surface area contributed by atoms with Gasteiger partial charge in [-0.25, -0.2) is 0 Å². The SMILES string of the molecule is OC1CC(Oc2ccccc2C(F)(F)F)C12CCCCC2. The summed E-state index contributed by atoms with van der Waals surface area (Å²) in [5.41, 5.74) is -1.07. The molecule has 0 amide bonds. The Morgan fingerprint density at radius 1 is 1.10 bits per heavy atom. The predicted molar refractivity (Wildman–Crippen MR) is 72.0 cm³/mol. The highest BCUT2D eigenvalue weighted by Gasteiger charge is 2.56. The Balaban J connectivity index is 1.81. The largest absolute Gasteiger partial charge is 0.489 e. The summed E-state index contributed by atoms with van der Waals surface area (Å²) in [5, 5.41) is 10.1. The molecule has 5 heteroatoms. The van der Waals surface area contributed by atoms with Gasteiger partial charge < -0.3 is 9.84 Å². The second-order valence-corrected chi connectivity index (χ2v) is 6.15. The minimum Gasteiger partial charge on any atom is -0.489 e. The van der Waals surface area contributed by atoms with Crippen LogP contribution in [-0.2, 0) is 6.18 Å². The lowest BCUT2D eigenvalue weighted by Crippen LogP contribution is -2.60. The maximum absolute atomic E-state index is 13.0. The summed E-state index contributed by atoms with van der Waals surface area (Å²) in [4.78, 5) is 0. The highest BCUT2D eigenvalue weighted by atomic mass is 19.4. The summed E-state index contributed by atoms with van der Waals surface area (Å²) < 4.78 is 44.7. The van der Waals surface area contributed by atoms with Crippen LogP contribution in [0.1, 0.15) is 44.1 Å². The van der Waals surface area contributed by atoms with Crippen molar-refractivity contribution in [2.45, 2.75) is 56.9 Å². The molecule has 0 bridgehead atoms. The van der Waals surface area contributed by atoms with Crippen LogP contribution in [0.25, 0.3) is 0 Å². The average molecular weight is 300 g/mol. The van der Waals surface area contributed by atoms with Crippen LogP contribution in [0.4, 0.5) is 13.2 Å². The third kappa shape index (κ3) is 2.52. The normalized spacial score (nSPS) is 28.2. The van der Waals surface area contributed by atoms with Crippen molar-refractivity contribution in [3.63, 3.8) is 0 Å². The zero-order valence-corrected chi connectivity index (χ0v) is 11.7. The maximum atomic E-state index is 13.0. The first-order valence-corrected chi connectivity index (χ1v) is 7.44. The van der Waals surface area contributed by atoms with Crippen LogP contribution in [0.15, 0.2) is 24.3 Å².